The molecular formula is C13H14O2. The van der Waals surface area contributed by atoms with E-state index >= 15 is 0 Å². The summed E-state index contributed by atoms with van der Waals surface area (Å²) in [5, 5.41) is 0. The summed E-state index contributed by atoms with van der Waals surface area (Å²) < 4.78 is 10.9. The topological polar surface area (TPSA) is 18.5 Å². The minimum atomic E-state index is 0.572. The standard InChI is InChI=1S/C13H14O2/c1-9(2)11-7-10-5-4-6-12(14-3)13(10)15-8-11/h4-7H,1,8H2,2-3H3. The predicted octanol–water partition coefficient (Wildman–Crippen LogP) is 3.05. The lowest BCUT2D eigenvalue weighted by Crippen LogP contribution is -2.08. The lowest BCUT2D eigenvalue weighted by atomic mass is 10.0. The second kappa shape index (κ2) is 3.81. The van der Waals surface area contributed by atoms with Gasteiger partial charge < -0.3 is 9.47 Å². The Morgan fingerprint density at radius 3 is 2.93 bits per heavy atom. The molecule has 0 saturated carbocycles. The van der Waals surface area contributed by atoms with Crippen molar-refractivity contribution in [3.63, 3.8) is 0 Å². The number of methoxy groups -OCH3 is 1. The molecule has 2 heteroatoms. The normalized spacial score (nSPS) is 13.6. The third-order valence-electron chi connectivity index (χ3n) is 2.48. The van der Waals surface area contributed by atoms with Crippen LogP contribution in [0.15, 0.2) is 35.9 Å². The van der Waals surface area contributed by atoms with Crippen LogP contribution < -0.4 is 9.47 Å². The molecule has 15 heavy (non-hydrogen) atoms. The lowest BCUT2D eigenvalue weighted by molar-refractivity contribution is 0.317. The summed E-state index contributed by atoms with van der Waals surface area (Å²) in [6.45, 7) is 6.47. The van der Waals surface area contributed by atoms with Crippen molar-refractivity contribution in [3.8, 4) is 11.5 Å². The Labute approximate surface area is 89.8 Å². The summed E-state index contributed by atoms with van der Waals surface area (Å²) in [5.74, 6) is 1.61. The molecule has 0 saturated heterocycles. The van der Waals surface area contributed by atoms with E-state index in [1.165, 1.54) is 0 Å². The molecule has 0 unspecified atom stereocenters. The molecule has 0 amide bonds. The maximum absolute atomic E-state index is 5.67. The van der Waals surface area contributed by atoms with E-state index in [1.54, 1.807) is 7.11 Å². The van der Waals surface area contributed by atoms with Crippen LogP contribution >= 0.6 is 0 Å². The van der Waals surface area contributed by atoms with Crippen molar-refractivity contribution < 1.29 is 9.47 Å². The average molecular weight is 202 g/mol. The van der Waals surface area contributed by atoms with E-state index in [4.69, 9.17) is 9.47 Å². The van der Waals surface area contributed by atoms with Gasteiger partial charge in [0.2, 0.25) is 0 Å². The second-order valence-electron chi connectivity index (χ2n) is 3.62. The molecule has 0 radical (unpaired) electrons. The van der Waals surface area contributed by atoms with Gasteiger partial charge in [-0.2, -0.15) is 0 Å². The molecule has 1 heterocycles. The van der Waals surface area contributed by atoms with E-state index in [1.807, 2.05) is 25.1 Å². The molecule has 0 fully saturated rings. The van der Waals surface area contributed by atoms with Crippen LogP contribution in [-0.4, -0.2) is 13.7 Å². The van der Waals surface area contributed by atoms with Crippen LogP contribution in [-0.2, 0) is 0 Å². The zero-order chi connectivity index (χ0) is 10.8. The van der Waals surface area contributed by atoms with Gasteiger partial charge in [-0.05, 0) is 24.6 Å². The first kappa shape index (κ1) is 9.84. The van der Waals surface area contributed by atoms with E-state index in [2.05, 4.69) is 12.7 Å². The molecule has 0 atom stereocenters. The number of hydrogen-bond donors (Lipinski definition) is 0. The average Bonchev–Trinajstić information content (AvgIpc) is 2.27. The summed E-state index contributed by atoms with van der Waals surface area (Å²) in [6, 6.07) is 5.87. The largest absolute Gasteiger partial charge is 0.493 e. The number of rotatable bonds is 2. The van der Waals surface area contributed by atoms with Gasteiger partial charge in [-0.1, -0.05) is 24.3 Å². The molecule has 0 spiro atoms. The second-order valence-corrected chi connectivity index (χ2v) is 3.62. The highest BCUT2D eigenvalue weighted by molar-refractivity contribution is 5.68. The molecule has 2 nitrogen and oxygen atoms in total. The Hall–Kier alpha value is -1.70. The van der Waals surface area contributed by atoms with E-state index in [-0.39, 0.29) is 0 Å². The van der Waals surface area contributed by atoms with Crippen molar-refractivity contribution >= 4 is 6.08 Å². The smallest absolute Gasteiger partial charge is 0.168 e. The highest BCUT2D eigenvalue weighted by Gasteiger charge is 2.15. The molecule has 0 N–H and O–H groups in total. The Bertz CT molecular complexity index is 430. The maximum Gasteiger partial charge on any atom is 0.168 e. The molecule has 1 aliphatic rings. The van der Waals surface area contributed by atoms with E-state index < -0.39 is 0 Å². The van der Waals surface area contributed by atoms with Gasteiger partial charge in [-0.3, -0.25) is 0 Å². The molecule has 1 aromatic carbocycles. The third-order valence-corrected chi connectivity index (χ3v) is 2.48. The first-order valence-corrected chi connectivity index (χ1v) is 4.88. The first-order chi connectivity index (χ1) is 7.22. The minimum absolute atomic E-state index is 0.572. The van der Waals surface area contributed by atoms with Gasteiger partial charge in [-0.15, -0.1) is 0 Å². The molecule has 0 bridgehead atoms. The molecule has 1 aliphatic heterocycles. The quantitative estimate of drug-likeness (QED) is 0.733. The van der Waals surface area contributed by atoms with Gasteiger partial charge in [0.15, 0.2) is 11.5 Å². The summed E-state index contributed by atoms with van der Waals surface area (Å²) in [4.78, 5) is 0. The zero-order valence-corrected chi connectivity index (χ0v) is 9.04. The monoisotopic (exact) mass is 202 g/mol. The van der Waals surface area contributed by atoms with Gasteiger partial charge in [0.1, 0.15) is 6.61 Å². The van der Waals surface area contributed by atoms with E-state index in [0.29, 0.717) is 6.61 Å². The zero-order valence-electron chi connectivity index (χ0n) is 9.04. The Morgan fingerprint density at radius 1 is 1.47 bits per heavy atom. The van der Waals surface area contributed by atoms with Crippen LogP contribution in [0.25, 0.3) is 6.08 Å². The van der Waals surface area contributed by atoms with Crippen molar-refractivity contribution in [2.24, 2.45) is 0 Å². The van der Waals surface area contributed by atoms with Crippen molar-refractivity contribution in [2.75, 3.05) is 13.7 Å². The van der Waals surface area contributed by atoms with Gasteiger partial charge in [0.05, 0.1) is 7.11 Å². The number of ether oxygens (including phenoxy) is 2. The fraction of sp³-hybridized carbons (Fsp3) is 0.231. The number of hydrogen-bond acceptors (Lipinski definition) is 2. The lowest BCUT2D eigenvalue weighted by Gasteiger charge is -2.19. The number of fused-ring (bicyclic) bond motifs is 1. The van der Waals surface area contributed by atoms with Crippen molar-refractivity contribution in [2.45, 2.75) is 6.92 Å². The SMILES string of the molecule is C=C(C)C1=Cc2cccc(OC)c2OC1. The Kier molecular flexibility index (Phi) is 2.50. The van der Waals surface area contributed by atoms with Crippen LogP contribution in [0.1, 0.15) is 12.5 Å². The first-order valence-electron chi connectivity index (χ1n) is 4.88. The molecule has 0 aromatic heterocycles. The van der Waals surface area contributed by atoms with Crippen molar-refractivity contribution in [3.05, 3.63) is 41.5 Å². The number of benzene rings is 1. The van der Waals surface area contributed by atoms with Gasteiger partial charge in [0.25, 0.3) is 0 Å². The fourth-order valence-electron chi connectivity index (χ4n) is 1.59. The molecule has 1 aromatic rings. The maximum atomic E-state index is 5.67. The summed E-state index contributed by atoms with van der Waals surface area (Å²) in [7, 11) is 1.65. The minimum Gasteiger partial charge on any atom is -0.493 e. The van der Waals surface area contributed by atoms with Gasteiger partial charge in [0, 0.05) is 5.56 Å². The van der Waals surface area contributed by atoms with E-state index in [9.17, 15) is 0 Å². The number of para-hydroxylation sites is 1. The van der Waals surface area contributed by atoms with Crippen LogP contribution in [0.4, 0.5) is 0 Å². The van der Waals surface area contributed by atoms with E-state index in [0.717, 1.165) is 28.2 Å². The molecule has 0 aliphatic carbocycles. The van der Waals surface area contributed by atoms with Crippen molar-refractivity contribution in [1.82, 2.24) is 0 Å². The highest BCUT2D eigenvalue weighted by Crippen LogP contribution is 2.36. The molecular weight excluding hydrogens is 188 g/mol. The fourth-order valence-corrected chi connectivity index (χ4v) is 1.59. The van der Waals surface area contributed by atoms with Crippen LogP contribution in [0.2, 0.25) is 0 Å². The van der Waals surface area contributed by atoms with Gasteiger partial charge in [-0.25, -0.2) is 0 Å². The Balaban J connectivity index is 2.48. The van der Waals surface area contributed by atoms with Crippen LogP contribution in [0, 0.1) is 0 Å². The van der Waals surface area contributed by atoms with Crippen LogP contribution in [0.3, 0.4) is 0 Å². The highest BCUT2D eigenvalue weighted by atomic mass is 16.5. The van der Waals surface area contributed by atoms with Crippen LogP contribution in [0.5, 0.6) is 11.5 Å². The molecule has 78 valence electrons. The predicted molar refractivity (Wildman–Crippen MR) is 61.3 cm³/mol. The third kappa shape index (κ3) is 1.75. The van der Waals surface area contributed by atoms with Gasteiger partial charge >= 0.3 is 0 Å². The summed E-state index contributed by atoms with van der Waals surface area (Å²) in [5.41, 5.74) is 3.23. The molecule has 2 rings (SSSR count). The summed E-state index contributed by atoms with van der Waals surface area (Å²) in [6.07, 6.45) is 2.10. The van der Waals surface area contributed by atoms with Crippen molar-refractivity contribution in [1.29, 1.82) is 0 Å². The Morgan fingerprint density at radius 2 is 2.27 bits per heavy atom. The summed E-state index contributed by atoms with van der Waals surface area (Å²) >= 11 is 0.